The molecule has 1 aromatic heterocycles. The van der Waals surface area contributed by atoms with E-state index in [4.69, 9.17) is 9.47 Å². The summed E-state index contributed by atoms with van der Waals surface area (Å²) in [7, 11) is 0. The number of ether oxygens (including phenoxy) is 2. The molecule has 5 nitrogen and oxygen atoms in total. The number of aromatic nitrogens is 1. The van der Waals surface area contributed by atoms with Crippen LogP contribution >= 0.6 is 0 Å². The van der Waals surface area contributed by atoms with Crippen molar-refractivity contribution in [2.45, 2.75) is 45.6 Å². The van der Waals surface area contributed by atoms with Crippen molar-refractivity contribution in [3.05, 3.63) is 29.6 Å². The average molecular weight is 291 g/mol. The second kappa shape index (κ2) is 5.84. The molecule has 1 aliphatic carbocycles. The van der Waals surface area contributed by atoms with Crippen LogP contribution in [-0.2, 0) is 14.3 Å². The zero-order valence-electron chi connectivity index (χ0n) is 12.9. The summed E-state index contributed by atoms with van der Waals surface area (Å²) in [5.74, 6) is -0.506. The molecule has 0 bridgehead atoms. The Labute approximate surface area is 124 Å². The molecule has 2 unspecified atom stereocenters. The van der Waals surface area contributed by atoms with E-state index < -0.39 is 11.6 Å². The number of pyridine rings is 1. The summed E-state index contributed by atoms with van der Waals surface area (Å²) in [6.07, 6.45) is 2.43. The summed E-state index contributed by atoms with van der Waals surface area (Å²) in [5.41, 5.74) is 0.700. The summed E-state index contributed by atoms with van der Waals surface area (Å²) in [6, 6.07) is 3.47. The third kappa shape index (κ3) is 4.03. The lowest BCUT2D eigenvalue weighted by Crippen LogP contribution is -2.24. The molecule has 114 valence electrons. The van der Waals surface area contributed by atoms with Crippen molar-refractivity contribution in [1.82, 2.24) is 4.98 Å². The van der Waals surface area contributed by atoms with E-state index in [2.05, 4.69) is 4.98 Å². The molecule has 1 aromatic rings. The fourth-order valence-corrected chi connectivity index (χ4v) is 2.15. The smallest absolute Gasteiger partial charge is 0.357 e. The van der Waals surface area contributed by atoms with Gasteiger partial charge in [0.15, 0.2) is 0 Å². The van der Waals surface area contributed by atoms with Crippen LogP contribution in [0.3, 0.4) is 0 Å². The third-order valence-electron chi connectivity index (χ3n) is 3.20. The Hall–Kier alpha value is -1.91. The van der Waals surface area contributed by atoms with Crippen LogP contribution in [0.25, 0.3) is 0 Å². The lowest BCUT2D eigenvalue weighted by atomic mass is 10.1. The third-order valence-corrected chi connectivity index (χ3v) is 3.20. The van der Waals surface area contributed by atoms with Crippen molar-refractivity contribution in [1.29, 1.82) is 0 Å². The van der Waals surface area contributed by atoms with E-state index >= 15 is 0 Å². The van der Waals surface area contributed by atoms with Gasteiger partial charge in [-0.25, -0.2) is 9.78 Å². The van der Waals surface area contributed by atoms with Crippen LogP contribution in [0, 0.1) is 5.92 Å². The maximum absolute atomic E-state index is 11.9. The molecule has 1 fully saturated rings. The van der Waals surface area contributed by atoms with E-state index in [1.807, 2.05) is 26.8 Å². The molecule has 0 aromatic carbocycles. The number of hydrogen-bond donors (Lipinski definition) is 0. The van der Waals surface area contributed by atoms with E-state index in [1.54, 1.807) is 19.2 Å². The predicted octanol–water partition coefficient (Wildman–Crippen LogP) is 2.70. The Morgan fingerprint density at radius 1 is 1.33 bits per heavy atom. The van der Waals surface area contributed by atoms with E-state index in [9.17, 15) is 9.59 Å². The van der Waals surface area contributed by atoms with Crippen LogP contribution < -0.4 is 0 Å². The zero-order chi connectivity index (χ0) is 15.6. The van der Waals surface area contributed by atoms with Gasteiger partial charge >= 0.3 is 11.9 Å². The minimum absolute atomic E-state index is 0.0703. The van der Waals surface area contributed by atoms with Crippen molar-refractivity contribution >= 4 is 11.9 Å². The number of nitrogens with zero attached hydrogens (tertiary/aromatic N) is 1. The van der Waals surface area contributed by atoms with E-state index in [1.165, 1.54) is 0 Å². The average Bonchev–Trinajstić information content (AvgIpc) is 3.17. The van der Waals surface area contributed by atoms with Gasteiger partial charge in [-0.3, -0.25) is 4.79 Å². The Balaban J connectivity index is 1.98. The molecule has 0 saturated heterocycles. The van der Waals surface area contributed by atoms with Crippen molar-refractivity contribution in [3.63, 3.8) is 0 Å². The topological polar surface area (TPSA) is 65.5 Å². The molecule has 5 heteroatoms. The number of esters is 2. The van der Waals surface area contributed by atoms with E-state index in [0.717, 1.165) is 12.0 Å². The van der Waals surface area contributed by atoms with Crippen LogP contribution in [0.4, 0.5) is 0 Å². The van der Waals surface area contributed by atoms with Gasteiger partial charge < -0.3 is 9.47 Å². The van der Waals surface area contributed by atoms with Crippen LogP contribution in [-0.4, -0.2) is 29.1 Å². The summed E-state index contributed by atoms with van der Waals surface area (Å²) in [6.45, 7) is 7.64. The van der Waals surface area contributed by atoms with E-state index in [0.29, 0.717) is 6.61 Å². The standard InChI is InChI=1S/C16H21NO4/c1-5-20-14(18)12-8-11(12)10-6-7-13(17-9-10)15(19)21-16(2,3)4/h6-7,9,11-12H,5,8H2,1-4H3. The molecule has 0 radical (unpaired) electrons. The highest BCUT2D eigenvalue weighted by Gasteiger charge is 2.45. The number of rotatable bonds is 4. The molecule has 0 amide bonds. The quantitative estimate of drug-likeness (QED) is 0.798. The second-order valence-corrected chi connectivity index (χ2v) is 6.18. The summed E-state index contributed by atoms with van der Waals surface area (Å²) in [4.78, 5) is 27.6. The number of hydrogen-bond acceptors (Lipinski definition) is 5. The Morgan fingerprint density at radius 2 is 2.05 bits per heavy atom. The maximum Gasteiger partial charge on any atom is 0.357 e. The molecule has 0 aliphatic heterocycles. The summed E-state index contributed by atoms with van der Waals surface area (Å²) >= 11 is 0. The monoisotopic (exact) mass is 291 g/mol. The van der Waals surface area contributed by atoms with Crippen LogP contribution in [0.1, 0.15) is 56.1 Å². The normalized spacial score (nSPS) is 20.8. The largest absolute Gasteiger partial charge is 0.466 e. The molecular weight excluding hydrogens is 270 g/mol. The van der Waals surface area contributed by atoms with Gasteiger partial charge in [-0.15, -0.1) is 0 Å². The molecule has 1 saturated carbocycles. The van der Waals surface area contributed by atoms with Gasteiger partial charge in [0.05, 0.1) is 12.5 Å². The molecule has 1 aliphatic rings. The van der Waals surface area contributed by atoms with Gasteiger partial charge in [-0.05, 0) is 51.7 Å². The van der Waals surface area contributed by atoms with Crippen molar-refractivity contribution in [2.75, 3.05) is 6.61 Å². The van der Waals surface area contributed by atoms with Gasteiger partial charge in [0.2, 0.25) is 0 Å². The lowest BCUT2D eigenvalue weighted by molar-refractivity contribution is -0.144. The second-order valence-electron chi connectivity index (χ2n) is 6.18. The highest BCUT2D eigenvalue weighted by atomic mass is 16.6. The van der Waals surface area contributed by atoms with Gasteiger partial charge in [-0.1, -0.05) is 6.07 Å². The molecule has 2 atom stereocenters. The minimum atomic E-state index is -0.539. The summed E-state index contributed by atoms with van der Waals surface area (Å²) < 4.78 is 10.3. The van der Waals surface area contributed by atoms with Crippen molar-refractivity contribution in [3.8, 4) is 0 Å². The van der Waals surface area contributed by atoms with Gasteiger partial charge in [0, 0.05) is 6.20 Å². The summed E-state index contributed by atoms with van der Waals surface area (Å²) in [5, 5.41) is 0. The predicted molar refractivity (Wildman–Crippen MR) is 76.9 cm³/mol. The van der Waals surface area contributed by atoms with Crippen molar-refractivity contribution < 1.29 is 19.1 Å². The Bertz CT molecular complexity index is 530. The highest BCUT2D eigenvalue weighted by Crippen LogP contribution is 2.47. The van der Waals surface area contributed by atoms with Gasteiger partial charge in [-0.2, -0.15) is 0 Å². The molecular formula is C16H21NO4. The number of carbonyl (C=O) groups excluding carboxylic acids is 2. The fourth-order valence-electron chi connectivity index (χ4n) is 2.15. The SMILES string of the molecule is CCOC(=O)C1CC1c1ccc(C(=O)OC(C)(C)C)nc1. The first kappa shape index (κ1) is 15.5. The highest BCUT2D eigenvalue weighted by molar-refractivity contribution is 5.87. The minimum Gasteiger partial charge on any atom is -0.466 e. The van der Waals surface area contributed by atoms with Crippen LogP contribution in [0.5, 0.6) is 0 Å². The van der Waals surface area contributed by atoms with E-state index in [-0.39, 0.29) is 23.5 Å². The Morgan fingerprint density at radius 3 is 2.57 bits per heavy atom. The first-order chi connectivity index (χ1) is 9.81. The first-order valence-corrected chi connectivity index (χ1v) is 7.17. The molecule has 0 spiro atoms. The van der Waals surface area contributed by atoms with Crippen LogP contribution in [0.15, 0.2) is 18.3 Å². The zero-order valence-corrected chi connectivity index (χ0v) is 12.9. The first-order valence-electron chi connectivity index (χ1n) is 7.17. The van der Waals surface area contributed by atoms with Crippen LogP contribution in [0.2, 0.25) is 0 Å². The molecule has 21 heavy (non-hydrogen) atoms. The van der Waals surface area contributed by atoms with Gasteiger partial charge in [0.1, 0.15) is 11.3 Å². The van der Waals surface area contributed by atoms with Gasteiger partial charge in [0.25, 0.3) is 0 Å². The fraction of sp³-hybridized carbons (Fsp3) is 0.562. The Kier molecular flexibility index (Phi) is 4.30. The molecule has 2 rings (SSSR count). The van der Waals surface area contributed by atoms with Crippen molar-refractivity contribution in [2.24, 2.45) is 5.92 Å². The lowest BCUT2D eigenvalue weighted by Gasteiger charge is -2.19. The molecule has 0 N–H and O–H groups in total. The number of carbonyl (C=O) groups is 2. The molecule has 1 heterocycles. The maximum atomic E-state index is 11.9.